The fourth-order valence-corrected chi connectivity index (χ4v) is 4.43. The number of carbonyl (C=O) groups excluding carboxylic acids is 2. The third-order valence-corrected chi connectivity index (χ3v) is 7.09. The number of nitrogens with one attached hydrogen (secondary N) is 1. The van der Waals surface area contributed by atoms with E-state index in [-0.39, 0.29) is 24.4 Å². The van der Waals surface area contributed by atoms with Gasteiger partial charge in [-0.2, -0.15) is 0 Å². The van der Waals surface area contributed by atoms with Gasteiger partial charge in [-0.05, 0) is 99.6 Å². The summed E-state index contributed by atoms with van der Waals surface area (Å²) in [5.74, 6) is -0.0161. The molecule has 1 saturated carbocycles. The van der Waals surface area contributed by atoms with Gasteiger partial charge in [0.15, 0.2) is 5.78 Å². The molecule has 0 radical (unpaired) electrons. The van der Waals surface area contributed by atoms with Gasteiger partial charge in [-0.1, -0.05) is 39.0 Å². The monoisotopic (exact) mass is 510 g/mol. The lowest BCUT2D eigenvalue weighted by atomic mass is 9.93. The second kappa shape index (κ2) is 15.6. The minimum atomic E-state index is -0.757. The van der Waals surface area contributed by atoms with Crippen LogP contribution in [0.2, 0.25) is 0 Å². The Morgan fingerprint density at radius 3 is 2.54 bits per heavy atom. The van der Waals surface area contributed by atoms with E-state index in [1.807, 2.05) is 58.0 Å². The van der Waals surface area contributed by atoms with E-state index in [4.69, 9.17) is 9.73 Å². The zero-order valence-electron chi connectivity index (χ0n) is 23.6. The summed E-state index contributed by atoms with van der Waals surface area (Å²) in [6.07, 6.45) is 10.2. The molecule has 0 saturated heterocycles. The minimum absolute atomic E-state index is 0.0293. The van der Waals surface area contributed by atoms with Crippen molar-refractivity contribution in [3.63, 3.8) is 0 Å². The molecule has 0 heterocycles. The summed E-state index contributed by atoms with van der Waals surface area (Å²) in [5, 5.41) is 12.9. The predicted molar refractivity (Wildman–Crippen MR) is 151 cm³/mol. The first kappa shape index (κ1) is 30.7. The molecule has 1 aromatic carbocycles. The Morgan fingerprint density at radius 1 is 1.24 bits per heavy atom. The van der Waals surface area contributed by atoms with Crippen LogP contribution in [0.4, 0.5) is 5.69 Å². The van der Waals surface area contributed by atoms with Gasteiger partial charge in [0.2, 0.25) is 0 Å². The largest absolute Gasteiger partial charge is 0.461 e. The average molecular weight is 511 g/mol. The summed E-state index contributed by atoms with van der Waals surface area (Å²) >= 11 is 0. The van der Waals surface area contributed by atoms with E-state index < -0.39 is 12.0 Å². The number of aliphatic hydroxyl groups excluding tert-OH is 1. The summed E-state index contributed by atoms with van der Waals surface area (Å²) in [6, 6.07) is 5.29. The van der Waals surface area contributed by atoms with Gasteiger partial charge in [-0.3, -0.25) is 19.9 Å². The maximum absolute atomic E-state index is 12.5. The molecule has 1 aliphatic carbocycles. The van der Waals surface area contributed by atoms with Gasteiger partial charge < -0.3 is 9.84 Å². The Bertz CT molecular complexity index is 1000. The fraction of sp³-hybridized carbons (Fsp3) is 0.581. The zero-order valence-corrected chi connectivity index (χ0v) is 23.6. The minimum Gasteiger partial charge on any atom is -0.461 e. The highest BCUT2D eigenvalue weighted by molar-refractivity contribution is 6.07. The van der Waals surface area contributed by atoms with Crippen molar-refractivity contribution in [2.45, 2.75) is 105 Å². The van der Waals surface area contributed by atoms with Crippen molar-refractivity contribution in [2.24, 2.45) is 10.9 Å². The summed E-state index contributed by atoms with van der Waals surface area (Å²) in [5.41, 5.74) is 5.53. The van der Waals surface area contributed by atoms with E-state index >= 15 is 0 Å². The lowest BCUT2D eigenvalue weighted by molar-refractivity contribution is -0.152. The molecule has 2 atom stereocenters. The Balaban J connectivity index is 2.26. The molecule has 2 rings (SSSR count). The van der Waals surface area contributed by atoms with Crippen molar-refractivity contribution < 1.29 is 19.4 Å². The Labute approximate surface area is 223 Å². The van der Waals surface area contributed by atoms with Crippen molar-refractivity contribution in [3.05, 3.63) is 52.6 Å². The zero-order chi connectivity index (χ0) is 27.4. The fourth-order valence-electron chi connectivity index (χ4n) is 4.43. The Morgan fingerprint density at radius 2 is 1.95 bits per heavy atom. The predicted octanol–water partition coefficient (Wildman–Crippen LogP) is 6.31. The van der Waals surface area contributed by atoms with Crippen molar-refractivity contribution in [2.75, 3.05) is 6.61 Å². The summed E-state index contributed by atoms with van der Waals surface area (Å²) in [6.45, 7) is 12.3. The summed E-state index contributed by atoms with van der Waals surface area (Å²) in [7, 11) is 0. The van der Waals surface area contributed by atoms with E-state index in [2.05, 4.69) is 19.2 Å². The van der Waals surface area contributed by atoms with Crippen LogP contribution in [0.5, 0.6) is 0 Å². The lowest BCUT2D eigenvalue weighted by Gasteiger charge is -2.19. The number of benzene rings is 1. The van der Waals surface area contributed by atoms with Gasteiger partial charge in [-0.15, -0.1) is 0 Å². The lowest BCUT2D eigenvalue weighted by Crippen LogP contribution is -2.41. The average Bonchev–Trinajstić information content (AvgIpc) is 3.40. The van der Waals surface area contributed by atoms with Crippen molar-refractivity contribution in [1.29, 1.82) is 0 Å². The van der Waals surface area contributed by atoms with Gasteiger partial charge in [0.25, 0.3) is 0 Å². The molecule has 0 bridgehead atoms. The van der Waals surface area contributed by atoms with Crippen LogP contribution in [0.3, 0.4) is 0 Å². The topological polar surface area (TPSA) is 88.0 Å². The molecular formula is C31H46N2O4. The van der Waals surface area contributed by atoms with E-state index in [9.17, 15) is 14.7 Å². The number of allylic oxidation sites excluding steroid dienone is 4. The molecule has 0 amide bonds. The van der Waals surface area contributed by atoms with Gasteiger partial charge in [-0.25, -0.2) is 0 Å². The van der Waals surface area contributed by atoms with Crippen LogP contribution < -0.4 is 5.32 Å². The number of aryl methyl sites for hydroxylation is 1. The van der Waals surface area contributed by atoms with Crippen molar-refractivity contribution >= 4 is 23.2 Å². The molecule has 6 nitrogen and oxygen atoms in total. The molecule has 0 aliphatic heterocycles. The van der Waals surface area contributed by atoms with Crippen LogP contribution in [-0.4, -0.2) is 41.3 Å². The van der Waals surface area contributed by atoms with Gasteiger partial charge in [0.05, 0.1) is 18.0 Å². The Hall–Kier alpha value is -2.57. The molecule has 37 heavy (non-hydrogen) atoms. The number of Topliss-reactive ketones (excluding diaryl/α,β-unsaturated/α-hetero) is 1. The third kappa shape index (κ3) is 9.35. The van der Waals surface area contributed by atoms with Crippen molar-refractivity contribution in [3.8, 4) is 0 Å². The van der Waals surface area contributed by atoms with Gasteiger partial charge in [0.1, 0.15) is 12.1 Å². The number of rotatable bonds is 14. The van der Waals surface area contributed by atoms with Crippen LogP contribution >= 0.6 is 0 Å². The first-order valence-electron chi connectivity index (χ1n) is 13.8. The van der Waals surface area contributed by atoms with Crippen molar-refractivity contribution in [1.82, 2.24) is 5.32 Å². The number of ketones is 1. The van der Waals surface area contributed by atoms with E-state index in [0.717, 1.165) is 72.2 Å². The smallest absolute Gasteiger partial charge is 0.325 e. The molecule has 204 valence electrons. The van der Waals surface area contributed by atoms with E-state index in [1.165, 1.54) is 0 Å². The number of hydrogen-bond acceptors (Lipinski definition) is 6. The molecule has 1 aliphatic rings. The first-order chi connectivity index (χ1) is 17.7. The maximum atomic E-state index is 12.5. The Kier molecular flexibility index (Phi) is 12.9. The number of ether oxygens (including phenoxy) is 1. The van der Waals surface area contributed by atoms with Crippen LogP contribution in [0.15, 0.2) is 46.5 Å². The molecule has 1 fully saturated rings. The number of esters is 1. The highest BCUT2D eigenvalue weighted by atomic mass is 16.5. The number of carbonyl (C=O) groups is 2. The highest BCUT2D eigenvalue weighted by Gasteiger charge is 2.25. The van der Waals surface area contributed by atoms with Crippen LogP contribution in [-0.2, 0) is 20.9 Å². The van der Waals surface area contributed by atoms with E-state index in [1.54, 1.807) is 0 Å². The number of aliphatic imine (C=N–C) groups is 1. The summed E-state index contributed by atoms with van der Waals surface area (Å²) in [4.78, 5) is 30.0. The molecule has 0 spiro atoms. The van der Waals surface area contributed by atoms with Gasteiger partial charge >= 0.3 is 5.97 Å². The summed E-state index contributed by atoms with van der Waals surface area (Å²) < 4.78 is 5.57. The van der Waals surface area contributed by atoms with E-state index in [0.29, 0.717) is 13.0 Å². The van der Waals surface area contributed by atoms with Crippen LogP contribution in [0.1, 0.15) is 90.7 Å². The van der Waals surface area contributed by atoms with Crippen LogP contribution in [0, 0.1) is 12.8 Å². The first-order valence-corrected chi connectivity index (χ1v) is 13.8. The number of aliphatic hydroxyl groups is 1. The third-order valence-electron chi connectivity index (χ3n) is 7.09. The molecule has 0 aromatic heterocycles. The molecule has 2 unspecified atom stereocenters. The SMILES string of the molecule is C/C=C(\C=C(\C)C(=O)CCC)C(=Nc1cc(CNC(CO)C(=O)OC2CCCC2)ccc1C)C(C)CC. The molecule has 6 heteroatoms. The second-order valence-electron chi connectivity index (χ2n) is 10.1. The molecular weight excluding hydrogens is 464 g/mol. The van der Waals surface area contributed by atoms with Gasteiger partial charge in [0, 0.05) is 13.0 Å². The molecule has 2 N–H and O–H groups in total. The number of nitrogens with zero attached hydrogens (tertiary/aromatic N) is 1. The molecule has 1 aromatic rings. The normalized spacial score (nSPS) is 17.1. The maximum Gasteiger partial charge on any atom is 0.325 e. The standard InChI is InChI=1S/C31H46N2O4/c1-7-12-29(35)23(6)17-25(9-3)30(21(4)8-2)33-27-18-24(16-15-22(27)5)19-32-28(20-34)31(36)37-26-13-10-11-14-26/h9,15-18,21,26,28,32,34H,7-8,10-14,19-20H2,1-6H3/b23-17-,25-9+,33-30?. The second-order valence-corrected chi connectivity index (χ2v) is 10.1. The quantitative estimate of drug-likeness (QED) is 0.132. The van der Waals surface area contributed by atoms with Crippen LogP contribution in [0.25, 0.3) is 0 Å². The number of hydrogen-bond donors (Lipinski definition) is 2. The highest BCUT2D eigenvalue weighted by Crippen LogP contribution is 2.26.